The van der Waals surface area contributed by atoms with E-state index >= 15 is 0 Å². The highest BCUT2D eigenvalue weighted by atomic mass is 35.5. The first-order valence-electron chi connectivity index (χ1n) is 9.43. The Labute approximate surface area is 179 Å². The maximum Gasteiger partial charge on any atom is 0.414 e. The van der Waals surface area contributed by atoms with Gasteiger partial charge in [-0.3, -0.25) is 9.69 Å². The lowest BCUT2D eigenvalue weighted by Crippen LogP contribution is -2.23. The summed E-state index contributed by atoms with van der Waals surface area (Å²) in [6.07, 6.45) is -0.364. The Morgan fingerprint density at radius 1 is 1.03 bits per heavy atom. The standard InChI is InChI=1S/C23H19ClN2O4/c24-20-7-3-1-5-16(20)15-30-21-8-4-2-6-19(21)22(27)25-17-9-11-18(12-10-17)26-13-14-29-23(26)28/h1-12H,13-15H2,(H,25,27). The first-order valence-corrected chi connectivity index (χ1v) is 9.80. The molecule has 1 saturated heterocycles. The minimum atomic E-state index is -0.364. The molecule has 1 aliphatic rings. The van der Waals surface area contributed by atoms with Crippen molar-refractivity contribution in [1.29, 1.82) is 0 Å². The van der Waals surface area contributed by atoms with E-state index < -0.39 is 0 Å². The minimum Gasteiger partial charge on any atom is -0.488 e. The van der Waals surface area contributed by atoms with Gasteiger partial charge in [0.25, 0.3) is 5.91 Å². The van der Waals surface area contributed by atoms with Gasteiger partial charge in [-0.25, -0.2) is 4.79 Å². The number of benzene rings is 3. The number of halogens is 1. The van der Waals surface area contributed by atoms with Gasteiger partial charge in [0.2, 0.25) is 0 Å². The number of hydrogen-bond donors (Lipinski definition) is 1. The molecule has 0 aromatic heterocycles. The normalized spacial score (nSPS) is 13.1. The molecule has 4 rings (SSSR count). The van der Waals surface area contributed by atoms with Gasteiger partial charge in [-0.2, -0.15) is 0 Å². The molecule has 2 amide bonds. The molecule has 30 heavy (non-hydrogen) atoms. The molecule has 0 saturated carbocycles. The van der Waals surface area contributed by atoms with Crippen LogP contribution < -0.4 is 15.0 Å². The lowest BCUT2D eigenvalue weighted by Gasteiger charge is -2.14. The Hall–Kier alpha value is -3.51. The summed E-state index contributed by atoms with van der Waals surface area (Å²) in [6.45, 7) is 1.15. The molecule has 7 heteroatoms. The zero-order valence-electron chi connectivity index (χ0n) is 16.0. The summed E-state index contributed by atoms with van der Waals surface area (Å²) in [6, 6.07) is 21.5. The Morgan fingerprint density at radius 2 is 1.77 bits per heavy atom. The lowest BCUT2D eigenvalue weighted by molar-refractivity contribution is 0.102. The van der Waals surface area contributed by atoms with Gasteiger partial charge in [-0.1, -0.05) is 41.9 Å². The molecule has 0 radical (unpaired) electrons. The summed E-state index contributed by atoms with van der Waals surface area (Å²) in [4.78, 5) is 26.0. The highest BCUT2D eigenvalue weighted by Crippen LogP contribution is 2.25. The number of nitrogens with one attached hydrogen (secondary N) is 1. The van der Waals surface area contributed by atoms with Crippen molar-refractivity contribution in [1.82, 2.24) is 0 Å². The van der Waals surface area contributed by atoms with Crippen LogP contribution in [0.2, 0.25) is 5.02 Å². The summed E-state index contributed by atoms with van der Waals surface area (Å²) >= 11 is 6.18. The Balaban J connectivity index is 1.45. The molecule has 1 aliphatic heterocycles. The summed E-state index contributed by atoms with van der Waals surface area (Å²) in [5, 5.41) is 3.47. The summed E-state index contributed by atoms with van der Waals surface area (Å²) in [5.74, 6) is 0.171. The number of rotatable bonds is 6. The van der Waals surface area contributed by atoms with Crippen LogP contribution in [-0.2, 0) is 11.3 Å². The lowest BCUT2D eigenvalue weighted by atomic mass is 10.1. The van der Waals surface area contributed by atoms with Crippen molar-refractivity contribution in [2.24, 2.45) is 0 Å². The smallest absolute Gasteiger partial charge is 0.414 e. The van der Waals surface area contributed by atoms with Gasteiger partial charge in [0.1, 0.15) is 19.0 Å². The van der Waals surface area contributed by atoms with E-state index in [9.17, 15) is 9.59 Å². The molecular weight excluding hydrogens is 404 g/mol. The molecule has 6 nitrogen and oxygen atoms in total. The number of amides is 2. The zero-order valence-corrected chi connectivity index (χ0v) is 16.8. The van der Waals surface area contributed by atoms with Crippen LogP contribution in [-0.4, -0.2) is 25.2 Å². The number of hydrogen-bond acceptors (Lipinski definition) is 4. The topological polar surface area (TPSA) is 67.9 Å². The number of para-hydroxylation sites is 1. The van der Waals surface area contributed by atoms with Crippen molar-refractivity contribution >= 4 is 35.0 Å². The van der Waals surface area contributed by atoms with Gasteiger partial charge in [-0.15, -0.1) is 0 Å². The first-order chi connectivity index (χ1) is 14.6. The van der Waals surface area contributed by atoms with Crippen LogP contribution in [0, 0.1) is 0 Å². The molecule has 0 unspecified atom stereocenters. The largest absolute Gasteiger partial charge is 0.488 e. The third-order valence-corrected chi connectivity index (χ3v) is 5.04. The van der Waals surface area contributed by atoms with E-state index in [1.54, 1.807) is 53.4 Å². The highest BCUT2D eigenvalue weighted by molar-refractivity contribution is 6.31. The van der Waals surface area contributed by atoms with Crippen molar-refractivity contribution in [2.75, 3.05) is 23.4 Å². The quantitative estimate of drug-likeness (QED) is 0.598. The average molecular weight is 423 g/mol. The predicted octanol–water partition coefficient (Wildman–Crippen LogP) is 5.13. The molecule has 1 heterocycles. The number of cyclic esters (lactones) is 1. The van der Waals surface area contributed by atoms with Crippen LogP contribution in [0.4, 0.5) is 16.2 Å². The summed E-state index contributed by atoms with van der Waals surface area (Å²) in [5.41, 5.74) is 2.58. The van der Waals surface area contributed by atoms with Gasteiger partial charge in [0.05, 0.1) is 12.1 Å². The van der Waals surface area contributed by atoms with E-state index in [0.717, 1.165) is 11.3 Å². The van der Waals surface area contributed by atoms with Gasteiger partial charge in [-0.05, 0) is 42.5 Å². The Bertz CT molecular complexity index is 1070. The molecule has 3 aromatic rings. The van der Waals surface area contributed by atoms with Gasteiger partial charge < -0.3 is 14.8 Å². The predicted molar refractivity (Wildman–Crippen MR) is 115 cm³/mol. The van der Waals surface area contributed by atoms with E-state index in [2.05, 4.69) is 5.32 Å². The molecule has 0 spiro atoms. The van der Waals surface area contributed by atoms with E-state index in [4.69, 9.17) is 21.1 Å². The van der Waals surface area contributed by atoms with Crippen molar-refractivity contribution in [2.45, 2.75) is 6.61 Å². The number of carbonyl (C=O) groups is 2. The van der Waals surface area contributed by atoms with Crippen molar-refractivity contribution < 1.29 is 19.1 Å². The van der Waals surface area contributed by atoms with Crippen LogP contribution in [0.1, 0.15) is 15.9 Å². The number of nitrogens with zero attached hydrogens (tertiary/aromatic N) is 1. The zero-order chi connectivity index (χ0) is 20.9. The molecule has 0 bridgehead atoms. The molecule has 152 valence electrons. The molecule has 1 N–H and O–H groups in total. The fraction of sp³-hybridized carbons (Fsp3) is 0.130. The number of anilines is 2. The van der Waals surface area contributed by atoms with Gasteiger partial charge in [0, 0.05) is 22.0 Å². The molecule has 0 atom stereocenters. The fourth-order valence-electron chi connectivity index (χ4n) is 3.10. The Morgan fingerprint density at radius 3 is 2.50 bits per heavy atom. The second-order valence-electron chi connectivity index (χ2n) is 6.64. The third-order valence-electron chi connectivity index (χ3n) is 4.67. The number of ether oxygens (including phenoxy) is 2. The minimum absolute atomic E-state index is 0.255. The molecule has 0 aliphatic carbocycles. The molecule has 3 aromatic carbocycles. The van der Waals surface area contributed by atoms with E-state index in [-0.39, 0.29) is 18.6 Å². The summed E-state index contributed by atoms with van der Waals surface area (Å²) < 4.78 is 10.8. The van der Waals surface area contributed by atoms with Gasteiger partial charge >= 0.3 is 6.09 Å². The van der Waals surface area contributed by atoms with Crippen LogP contribution in [0.15, 0.2) is 72.8 Å². The molecule has 1 fully saturated rings. The summed E-state index contributed by atoms with van der Waals surface area (Å²) in [7, 11) is 0. The maximum absolute atomic E-state index is 12.8. The van der Waals surface area contributed by atoms with Crippen LogP contribution in [0.5, 0.6) is 5.75 Å². The Kier molecular flexibility index (Phi) is 5.86. The van der Waals surface area contributed by atoms with Crippen molar-refractivity contribution in [3.63, 3.8) is 0 Å². The van der Waals surface area contributed by atoms with Gasteiger partial charge in [0.15, 0.2) is 0 Å². The van der Waals surface area contributed by atoms with Crippen LogP contribution >= 0.6 is 11.6 Å². The van der Waals surface area contributed by atoms with E-state index in [0.29, 0.717) is 35.2 Å². The second kappa shape index (κ2) is 8.88. The van der Waals surface area contributed by atoms with Crippen LogP contribution in [0.3, 0.4) is 0 Å². The SMILES string of the molecule is O=C(Nc1ccc(N2CCOC2=O)cc1)c1ccccc1OCc1ccccc1Cl. The number of carbonyl (C=O) groups excluding carboxylic acids is 2. The van der Waals surface area contributed by atoms with Crippen LogP contribution in [0.25, 0.3) is 0 Å². The molecular formula is C23H19ClN2O4. The van der Waals surface area contributed by atoms with E-state index in [1.807, 2.05) is 24.3 Å². The average Bonchev–Trinajstić information content (AvgIpc) is 3.20. The first kappa shape index (κ1) is 19.8. The fourth-order valence-corrected chi connectivity index (χ4v) is 3.29. The van der Waals surface area contributed by atoms with E-state index in [1.165, 1.54) is 0 Å². The highest BCUT2D eigenvalue weighted by Gasteiger charge is 2.23. The third kappa shape index (κ3) is 4.39. The maximum atomic E-state index is 12.8. The monoisotopic (exact) mass is 422 g/mol. The van der Waals surface area contributed by atoms with Crippen molar-refractivity contribution in [3.05, 3.63) is 88.9 Å². The van der Waals surface area contributed by atoms with Crippen molar-refractivity contribution in [3.8, 4) is 5.75 Å². The second-order valence-corrected chi connectivity index (χ2v) is 7.05.